The van der Waals surface area contributed by atoms with Crippen LogP contribution in [0, 0.1) is 10.8 Å². The summed E-state index contributed by atoms with van der Waals surface area (Å²) in [5.74, 6) is -0.423. The van der Waals surface area contributed by atoms with E-state index in [4.69, 9.17) is 10.8 Å². The van der Waals surface area contributed by atoms with Crippen molar-refractivity contribution in [3.63, 3.8) is 0 Å². The van der Waals surface area contributed by atoms with Crippen molar-refractivity contribution in [3.8, 4) is 0 Å². The van der Waals surface area contributed by atoms with Gasteiger partial charge in [0.05, 0.1) is 11.1 Å². The zero-order valence-corrected chi connectivity index (χ0v) is 17.1. The van der Waals surface area contributed by atoms with Gasteiger partial charge in [-0.25, -0.2) is 13.8 Å². The Bertz CT molecular complexity index is 1320. The molecule has 1 fully saturated rings. The van der Waals surface area contributed by atoms with E-state index in [0.717, 1.165) is 15.7 Å². The number of fused-ring (bicyclic) bond motifs is 1. The van der Waals surface area contributed by atoms with Gasteiger partial charge in [-0.2, -0.15) is 5.10 Å². The molecule has 2 aromatic heterocycles. The lowest BCUT2D eigenvalue weighted by Crippen LogP contribution is -2.32. The Morgan fingerprint density at radius 2 is 2.00 bits per heavy atom. The molecular formula is C21H22FN7O2. The second-order valence-electron chi connectivity index (χ2n) is 7.95. The predicted molar refractivity (Wildman–Crippen MR) is 113 cm³/mol. The minimum atomic E-state index is -1.31. The maximum absolute atomic E-state index is 14.5. The zero-order chi connectivity index (χ0) is 22.3. The number of carbonyl (C=O) groups is 1. The number of benzene rings is 1. The number of hydrogen-bond acceptors (Lipinski definition) is 6. The Morgan fingerprint density at radius 3 is 2.65 bits per heavy atom. The standard InChI is InChI=1S/C21H22FN7O2/c1-12(2)19-15-9-13(21(22)7-8-21)3-4-14(15)20(31)28(27-19)10-18(30)25-17-6-5-16(24)29(11-23)26-17/h3-6,9,11-12,23-24H,7-8,10H2,1-2H3,(H,25,26,30). The summed E-state index contributed by atoms with van der Waals surface area (Å²) in [6, 6.07) is 7.77. The summed E-state index contributed by atoms with van der Waals surface area (Å²) in [5.41, 5.74) is -0.586. The normalized spacial score (nSPS) is 14.6. The van der Waals surface area contributed by atoms with E-state index in [1.807, 2.05) is 13.8 Å². The van der Waals surface area contributed by atoms with E-state index in [-0.39, 0.29) is 23.8 Å². The van der Waals surface area contributed by atoms with Crippen molar-refractivity contribution in [2.75, 3.05) is 5.32 Å². The zero-order valence-electron chi connectivity index (χ0n) is 17.1. The Labute approximate surface area is 176 Å². The number of nitrogens with one attached hydrogen (secondary N) is 3. The van der Waals surface area contributed by atoms with Crippen LogP contribution in [0.3, 0.4) is 0 Å². The first kappa shape index (κ1) is 20.6. The molecule has 9 nitrogen and oxygen atoms in total. The SMILES string of the molecule is CC(C)c1nn(CC(=O)Nc2ccc(=N)n(C=N)n2)c(=O)c2ccc(C3(F)CC3)cc12. The third-order valence-electron chi connectivity index (χ3n) is 5.29. The number of rotatable bonds is 6. The van der Waals surface area contributed by atoms with Gasteiger partial charge >= 0.3 is 0 Å². The number of aromatic nitrogens is 4. The third-order valence-corrected chi connectivity index (χ3v) is 5.29. The highest BCUT2D eigenvalue weighted by atomic mass is 19.1. The van der Waals surface area contributed by atoms with Gasteiger partial charge in [0.15, 0.2) is 5.82 Å². The lowest BCUT2D eigenvalue weighted by molar-refractivity contribution is -0.117. The first-order valence-corrected chi connectivity index (χ1v) is 9.91. The minimum Gasteiger partial charge on any atom is -0.308 e. The topological polar surface area (TPSA) is 130 Å². The maximum atomic E-state index is 14.5. The molecule has 2 heterocycles. The van der Waals surface area contributed by atoms with Gasteiger partial charge in [-0.05, 0) is 48.6 Å². The summed E-state index contributed by atoms with van der Waals surface area (Å²) in [5, 5.41) is 26.7. The molecule has 0 unspecified atom stereocenters. The van der Waals surface area contributed by atoms with E-state index in [1.54, 1.807) is 18.2 Å². The molecule has 0 atom stereocenters. The third kappa shape index (κ3) is 3.88. The number of carbonyl (C=O) groups excluding carboxylic acids is 1. The number of amides is 1. The molecule has 0 bridgehead atoms. The molecule has 4 rings (SSSR count). The lowest BCUT2D eigenvalue weighted by Gasteiger charge is -2.15. The Balaban J connectivity index is 1.68. The van der Waals surface area contributed by atoms with Crippen LogP contribution in [0.5, 0.6) is 0 Å². The van der Waals surface area contributed by atoms with Gasteiger partial charge in [0.2, 0.25) is 5.91 Å². The van der Waals surface area contributed by atoms with Crippen molar-refractivity contribution < 1.29 is 9.18 Å². The second-order valence-corrected chi connectivity index (χ2v) is 7.95. The number of anilines is 1. The van der Waals surface area contributed by atoms with Crippen LogP contribution < -0.4 is 16.4 Å². The second kappa shape index (κ2) is 7.53. The molecule has 1 aromatic carbocycles. The molecule has 10 heteroatoms. The molecule has 3 aromatic rings. The molecule has 1 aliphatic carbocycles. The molecule has 31 heavy (non-hydrogen) atoms. The van der Waals surface area contributed by atoms with Crippen LogP contribution in [0.15, 0.2) is 35.1 Å². The highest BCUT2D eigenvalue weighted by Gasteiger charge is 2.45. The molecule has 0 saturated heterocycles. The summed E-state index contributed by atoms with van der Waals surface area (Å²) in [4.78, 5) is 25.5. The Kier molecular flexibility index (Phi) is 5.00. The van der Waals surface area contributed by atoms with Gasteiger partial charge in [0.1, 0.15) is 24.0 Å². The highest BCUT2D eigenvalue weighted by Crippen LogP contribution is 2.50. The van der Waals surface area contributed by atoms with E-state index in [0.29, 0.717) is 34.9 Å². The van der Waals surface area contributed by atoms with E-state index in [1.165, 1.54) is 12.1 Å². The van der Waals surface area contributed by atoms with E-state index >= 15 is 0 Å². The average molecular weight is 423 g/mol. The first-order valence-electron chi connectivity index (χ1n) is 9.91. The summed E-state index contributed by atoms with van der Waals surface area (Å²) < 4.78 is 16.6. The van der Waals surface area contributed by atoms with Crippen molar-refractivity contribution in [2.45, 2.75) is 44.8 Å². The molecule has 1 aliphatic rings. The van der Waals surface area contributed by atoms with Crippen molar-refractivity contribution in [1.82, 2.24) is 19.6 Å². The molecule has 0 aliphatic heterocycles. The number of hydrogen-bond donors (Lipinski definition) is 3. The molecule has 1 saturated carbocycles. The Morgan fingerprint density at radius 1 is 1.26 bits per heavy atom. The molecular weight excluding hydrogens is 401 g/mol. The van der Waals surface area contributed by atoms with Gasteiger partial charge in [0, 0.05) is 5.39 Å². The summed E-state index contributed by atoms with van der Waals surface area (Å²) in [6.45, 7) is 3.51. The van der Waals surface area contributed by atoms with Crippen molar-refractivity contribution >= 4 is 28.8 Å². The summed E-state index contributed by atoms with van der Waals surface area (Å²) >= 11 is 0. The van der Waals surface area contributed by atoms with Crippen LogP contribution in [0.1, 0.15) is 43.9 Å². The van der Waals surface area contributed by atoms with Crippen LogP contribution in [0.2, 0.25) is 0 Å². The highest BCUT2D eigenvalue weighted by molar-refractivity contribution is 5.90. The minimum absolute atomic E-state index is 0.0115. The number of nitrogens with zero attached hydrogens (tertiary/aromatic N) is 4. The Hall–Kier alpha value is -3.69. The fourth-order valence-electron chi connectivity index (χ4n) is 3.44. The van der Waals surface area contributed by atoms with E-state index in [9.17, 15) is 14.0 Å². The molecule has 3 N–H and O–H groups in total. The molecule has 160 valence electrons. The molecule has 0 spiro atoms. The average Bonchev–Trinajstić information content (AvgIpc) is 3.49. The largest absolute Gasteiger partial charge is 0.308 e. The van der Waals surface area contributed by atoms with Crippen LogP contribution in [-0.4, -0.2) is 31.8 Å². The van der Waals surface area contributed by atoms with E-state index in [2.05, 4.69) is 15.5 Å². The van der Waals surface area contributed by atoms with E-state index < -0.39 is 17.1 Å². The lowest BCUT2D eigenvalue weighted by atomic mass is 9.99. The van der Waals surface area contributed by atoms with Gasteiger partial charge in [0.25, 0.3) is 5.56 Å². The maximum Gasteiger partial charge on any atom is 0.275 e. The number of halogens is 1. The van der Waals surface area contributed by atoms with Gasteiger partial charge in [-0.3, -0.25) is 20.4 Å². The smallest absolute Gasteiger partial charge is 0.275 e. The van der Waals surface area contributed by atoms with Crippen molar-refractivity contribution in [2.24, 2.45) is 0 Å². The van der Waals surface area contributed by atoms with Crippen LogP contribution in [-0.2, 0) is 17.0 Å². The predicted octanol–water partition coefficient (Wildman–Crippen LogP) is 2.25. The first-order chi connectivity index (χ1) is 14.7. The fourth-order valence-corrected chi connectivity index (χ4v) is 3.44. The van der Waals surface area contributed by atoms with Gasteiger partial charge in [-0.1, -0.05) is 19.9 Å². The number of alkyl halides is 1. The molecule has 0 radical (unpaired) electrons. The van der Waals surface area contributed by atoms with Crippen molar-refractivity contribution in [1.29, 1.82) is 10.8 Å². The fraction of sp³-hybridized carbons (Fsp3) is 0.333. The van der Waals surface area contributed by atoms with Crippen LogP contribution >= 0.6 is 0 Å². The van der Waals surface area contributed by atoms with Gasteiger partial charge in [-0.15, -0.1) is 5.10 Å². The summed E-state index contributed by atoms with van der Waals surface area (Å²) in [7, 11) is 0. The quantitative estimate of drug-likeness (QED) is 0.415. The van der Waals surface area contributed by atoms with Crippen molar-refractivity contribution in [3.05, 3.63) is 57.4 Å². The van der Waals surface area contributed by atoms with Crippen LogP contribution in [0.25, 0.3) is 10.8 Å². The molecule has 1 amide bonds. The monoisotopic (exact) mass is 423 g/mol. The van der Waals surface area contributed by atoms with Gasteiger partial charge < -0.3 is 5.32 Å². The van der Waals surface area contributed by atoms with Crippen LogP contribution in [0.4, 0.5) is 10.2 Å². The summed E-state index contributed by atoms with van der Waals surface area (Å²) in [6.07, 6.45) is 1.81.